The third kappa shape index (κ3) is 3.01. The molecule has 1 N–H and O–H groups in total. The minimum atomic E-state index is -0.259. The summed E-state index contributed by atoms with van der Waals surface area (Å²) in [7, 11) is 0. The van der Waals surface area contributed by atoms with E-state index in [1.165, 1.54) is 12.1 Å². The molecule has 0 saturated heterocycles. The predicted molar refractivity (Wildman–Crippen MR) is 96.8 cm³/mol. The molecule has 1 saturated carbocycles. The van der Waals surface area contributed by atoms with Crippen LogP contribution in [-0.4, -0.2) is 29.3 Å². The lowest BCUT2D eigenvalue weighted by molar-refractivity contribution is -0.121. The average Bonchev–Trinajstić information content (AvgIpc) is 3.35. The Morgan fingerprint density at radius 3 is 2.69 bits per heavy atom. The van der Waals surface area contributed by atoms with Gasteiger partial charge in [0.25, 0.3) is 5.91 Å². The van der Waals surface area contributed by atoms with Gasteiger partial charge in [0.1, 0.15) is 5.82 Å². The van der Waals surface area contributed by atoms with Gasteiger partial charge in [-0.25, -0.2) is 4.39 Å². The average molecular weight is 350 g/mol. The van der Waals surface area contributed by atoms with Crippen LogP contribution >= 0.6 is 0 Å². The zero-order chi connectivity index (χ0) is 18.3. The van der Waals surface area contributed by atoms with Crippen LogP contribution < -0.4 is 5.32 Å². The quantitative estimate of drug-likeness (QED) is 0.899. The number of carbonyl (C=O) groups excluding carboxylic acids is 2. The van der Waals surface area contributed by atoms with E-state index in [1.807, 2.05) is 24.3 Å². The fourth-order valence-electron chi connectivity index (χ4n) is 3.52. The Balaban J connectivity index is 1.31. The van der Waals surface area contributed by atoms with E-state index in [9.17, 15) is 14.0 Å². The molecule has 132 valence electrons. The number of nitrogens with zero attached hydrogens (tertiary/aromatic N) is 1. The summed E-state index contributed by atoms with van der Waals surface area (Å²) in [5.74, 6) is -0.305. The lowest BCUT2D eigenvalue weighted by atomic mass is 10.1. The van der Waals surface area contributed by atoms with Crippen LogP contribution in [0, 0.1) is 5.82 Å². The molecule has 0 bridgehead atoms. The summed E-state index contributed by atoms with van der Waals surface area (Å²) in [5, 5.41) is 2.97. The minimum Gasteiger partial charge on any atom is -0.353 e. The summed E-state index contributed by atoms with van der Waals surface area (Å²) in [6, 6.07) is 13.9. The number of carbonyl (C=O) groups is 2. The molecule has 1 aliphatic carbocycles. The molecule has 2 aliphatic rings. The maximum Gasteiger partial charge on any atom is 0.258 e. The summed E-state index contributed by atoms with van der Waals surface area (Å²) >= 11 is 0. The summed E-state index contributed by atoms with van der Waals surface area (Å²) in [4.78, 5) is 26.2. The van der Waals surface area contributed by atoms with Crippen LogP contribution in [0.4, 0.5) is 4.39 Å². The molecule has 4 nitrogen and oxygen atoms in total. The van der Waals surface area contributed by atoms with Crippen molar-refractivity contribution in [2.75, 3.05) is 6.54 Å². The van der Waals surface area contributed by atoms with E-state index in [2.05, 4.69) is 11.9 Å². The number of halogens is 1. The number of fused-ring (bicyclic) bond motifs is 1. The first-order valence-electron chi connectivity index (χ1n) is 8.69. The highest BCUT2D eigenvalue weighted by Crippen LogP contribution is 2.41. The first kappa shape index (κ1) is 16.5. The maximum atomic E-state index is 13.3. The lowest BCUT2D eigenvalue weighted by Crippen LogP contribution is -2.32. The number of hydrogen-bond acceptors (Lipinski definition) is 2. The lowest BCUT2D eigenvalue weighted by Gasteiger charge is -2.17. The third-order valence-corrected chi connectivity index (χ3v) is 5.02. The third-order valence-electron chi connectivity index (χ3n) is 5.02. The smallest absolute Gasteiger partial charge is 0.258 e. The summed E-state index contributed by atoms with van der Waals surface area (Å²) < 4.78 is 13.3. The minimum absolute atomic E-state index is 0.0407. The van der Waals surface area contributed by atoms with Crippen LogP contribution in [0.5, 0.6) is 0 Å². The van der Waals surface area contributed by atoms with E-state index in [-0.39, 0.29) is 36.0 Å². The fourth-order valence-corrected chi connectivity index (χ4v) is 3.52. The Morgan fingerprint density at radius 1 is 1.19 bits per heavy atom. The molecule has 1 heterocycles. The monoisotopic (exact) mass is 350 g/mol. The zero-order valence-electron chi connectivity index (χ0n) is 14.2. The second-order valence-electron chi connectivity index (χ2n) is 6.77. The van der Waals surface area contributed by atoms with Crippen molar-refractivity contribution < 1.29 is 14.0 Å². The van der Waals surface area contributed by atoms with Crippen molar-refractivity contribution in [3.8, 4) is 0 Å². The molecular weight excluding hydrogens is 331 g/mol. The van der Waals surface area contributed by atoms with E-state index in [0.29, 0.717) is 17.8 Å². The second kappa shape index (κ2) is 6.41. The highest BCUT2D eigenvalue weighted by Gasteiger charge is 2.39. The Kier molecular flexibility index (Phi) is 4.07. The van der Waals surface area contributed by atoms with Gasteiger partial charge in [-0.1, -0.05) is 36.9 Å². The van der Waals surface area contributed by atoms with Crippen LogP contribution in [0.15, 0.2) is 55.1 Å². The number of benzene rings is 2. The SMILES string of the molecule is C=C1c2ccccc2C(=O)N1CCC(=O)NC1CC1c1cccc(F)c1. The molecule has 2 amide bonds. The topological polar surface area (TPSA) is 49.4 Å². The van der Waals surface area contributed by atoms with E-state index in [0.717, 1.165) is 17.5 Å². The van der Waals surface area contributed by atoms with E-state index in [4.69, 9.17) is 0 Å². The van der Waals surface area contributed by atoms with Crippen molar-refractivity contribution in [1.82, 2.24) is 10.2 Å². The molecule has 4 rings (SSSR count). The van der Waals surface area contributed by atoms with Gasteiger partial charge in [-0.3, -0.25) is 9.59 Å². The number of amides is 2. The molecule has 26 heavy (non-hydrogen) atoms. The predicted octanol–water partition coefficient (Wildman–Crippen LogP) is 3.31. The summed E-state index contributed by atoms with van der Waals surface area (Å²) in [5.41, 5.74) is 3.01. The Hall–Kier alpha value is -2.95. The first-order chi connectivity index (χ1) is 12.5. The van der Waals surface area contributed by atoms with Gasteiger partial charge in [-0.2, -0.15) is 0 Å². The normalized spacial score (nSPS) is 20.9. The van der Waals surface area contributed by atoms with Crippen molar-refractivity contribution in [2.24, 2.45) is 0 Å². The van der Waals surface area contributed by atoms with Crippen LogP contribution in [0.3, 0.4) is 0 Å². The van der Waals surface area contributed by atoms with Gasteiger partial charge in [0.05, 0.1) is 0 Å². The van der Waals surface area contributed by atoms with E-state index >= 15 is 0 Å². The largest absolute Gasteiger partial charge is 0.353 e. The number of hydrogen-bond donors (Lipinski definition) is 1. The summed E-state index contributed by atoms with van der Waals surface area (Å²) in [6.07, 6.45) is 1.03. The maximum absolute atomic E-state index is 13.3. The Labute approximate surface area is 151 Å². The van der Waals surface area contributed by atoms with Crippen LogP contribution in [0.2, 0.25) is 0 Å². The van der Waals surface area contributed by atoms with Crippen LogP contribution in [-0.2, 0) is 4.79 Å². The van der Waals surface area contributed by atoms with E-state index in [1.54, 1.807) is 17.0 Å². The zero-order valence-corrected chi connectivity index (χ0v) is 14.2. The highest BCUT2D eigenvalue weighted by atomic mass is 19.1. The van der Waals surface area contributed by atoms with E-state index < -0.39 is 0 Å². The summed E-state index contributed by atoms with van der Waals surface area (Å²) in [6.45, 7) is 4.28. The van der Waals surface area contributed by atoms with Crippen LogP contribution in [0.25, 0.3) is 5.70 Å². The van der Waals surface area contributed by atoms with Gasteiger partial charge in [-0.15, -0.1) is 0 Å². The van der Waals surface area contributed by atoms with Gasteiger partial charge in [0.2, 0.25) is 5.91 Å². The van der Waals surface area contributed by atoms with Crippen molar-refractivity contribution in [2.45, 2.75) is 24.8 Å². The number of nitrogens with one attached hydrogen (secondary N) is 1. The van der Waals surface area contributed by atoms with Gasteiger partial charge < -0.3 is 10.2 Å². The Bertz CT molecular complexity index is 873. The van der Waals surface area contributed by atoms with Crippen LogP contribution in [0.1, 0.15) is 40.2 Å². The van der Waals surface area contributed by atoms with Gasteiger partial charge in [0.15, 0.2) is 0 Å². The van der Waals surface area contributed by atoms with Crippen molar-refractivity contribution in [1.29, 1.82) is 0 Å². The first-order valence-corrected chi connectivity index (χ1v) is 8.69. The van der Waals surface area contributed by atoms with Crippen molar-refractivity contribution >= 4 is 17.5 Å². The fraction of sp³-hybridized carbons (Fsp3) is 0.238. The molecular formula is C21H19FN2O2. The molecule has 1 fully saturated rings. The molecule has 2 aromatic carbocycles. The molecule has 5 heteroatoms. The standard InChI is InChI=1S/C21H19FN2O2/c1-13-16-7-2-3-8-17(16)21(26)24(13)10-9-20(25)23-19-12-18(19)14-5-4-6-15(22)11-14/h2-8,11,18-19H,1,9-10,12H2,(H,23,25). The molecule has 0 aromatic heterocycles. The molecule has 2 atom stereocenters. The Morgan fingerprint density at radius 2 is 1.96 bits per heavy atom. The van der Waals surface area contributed by atoms with Gasteiger partial charge >= 0.3 is 0 Å². The molecule has 0 radical (unpaired) electrons. The highest BCUT2D eigenvalue weighted by molar-refractivity contribution is 6.08. The molecule has 2 unspecified atom stereocenters. The van der Waals surface area contributed by atoms with Gasteiger partial charge in [-0.05, 0) is 30.2 Å². The molecule has 0 spiro atoms. The van der Waals surface area contributed by atoms with Crippen molar-refractivity contribution in [3.05, 3.63) is 77.6 Å². The molecule has 2 aromatic rings. The number of rotatable bonds is 5. The molecule has 1 aliphatic heterocycles. The van der Waals surface area contributed by atoms with Crippen molar-refractivity contribution in [3.63, 3.8) is 0 Å². The second-order valence-corrected chi connectivity index (χ2v) is 6.77. The van der Waals surface area contributed by atoms with Gasteiger partial charge in [0, 0.05) is 41.7 Å².